The predicted molar refractivity (Wildman–Crippen MR) is 134 cm³/mol. The van der Waals surface area contributed by atoms with Crippen molar-refractivity contribution in [2.75, 3.05) is 43.9 Å². The number of amides is 1. The molecule has 1 aliphatic heterocycles. The van der Waals surface area contributed by atoms with Gasteiger partial charge in [0, 0.05) is 36.4 Å². The fraction of sp³-hybridized carbons (Fsp3) is 0.423. The molecule has 3 aromatic rings. The minimum atomic E-state index is -0.321. The second kappa shape index (κ2) is 9.75. The molecule has 0 atom stereocenters. The lowest BCUT2D eigenvalue weighted by Crippen LogP contribution is -2.37. The maximum atomic E-state index is 13.1. The Bertz CT molecular complexity index is 1180. The number of nitrogens with one attached hydrogen (secondary N) is 1. The quantitative estimate of drug-likeness (QED) is 0.618. The topological polar surface area (TPSA) is 70.5 Å². The molecule has 0 spiro atoms. The zero-order valence-corrected chi connectivity index (χ0v) is 19.9. The van der Waals surface area contributed by atoms with Crippen LogP contribution in [0.4, 0.5) is 11.4 Å². The first kappa shape index (κ1) is 23.0. The number of hydrogen-bond acceptors (Lipinski definition) is 5. The van der Waals surface area contributed by atoms with Crippen molar-refractivity contribution in [2.24, 2.45) is 5.92 Å². The van der Waals surface area contributed by atoms with Gasteiger partial charge in [-0.1, -0.05) is 18.2 Å². The molecular formula is C26H33N5O2. The third-order valence-electron chi connectivity index (χ3n) is 6.26. The van der Waals surface area contributed by atoms with E-state index in [0.29, 0.717) is 16.5 Å². The van der Waals surface area contributed by atoms with E-state index in [1.54, 1.807) is 18.2 Å². The van der Waals surface area contributed by atoms with Crippen molar-refractivity contribution in [3.05, 3.63) is 64.6 Å². The first-order valence-corrected chi connectivity index (χ1v) is 11.7. The van der Waals surface area contributed by atoms with Crippen LogP contribution in [0.15, 0.2) is 53.3 Å². The second-order valence-electron chi connectivity index (χ2n) is 9.43. The van der Waals surface area contributed by atoms with Gasteiger partial charge in [-0.15, -0.1) is 0 Å². The van der Waals surface area contributed by atoms with E-state index in [9.17, 15) is 9.59 Å². The molecule has 1 aromatic heterocycles. The van der Waals surface area contributed by atoms with Crippen LogP contribution in [0.5, 0.6) is 0 Å². The predicted octanol–water partition coefficient (Wildman–Crippen LogP) is 4.01. The van der Waals surface area contributed by atoms with Gasteiger partial charge >= 0.3 is 0 Å². The van der Waals surface area contributed by atoms with Gasteiger partial charge in [-0.05, 0) is 77.0 Å². The van der Waals surface area contributed by atoms with Crippen LogP contribution < -0.4 is 15.8 Å². The summed E-state index contributed by atoms with van der Waals surface area (Å²) in [7, 11) is 4.27. The maximum Gasteiger partial charge on any atom is 0.276 e. The molecule has 1 N–H and O–H groups in total. The van der Waals surface area contributed by atoms with Gasteiger partial charge in [0.2, 0.25) is 0 Å². The van der Waals surface area contributed by atoms with Crippen molar-refractivity contribution in [1.82, 2.24) is 14.7 Å². The van der Waals surface area contributed by atoms with Crippen molar-refractivity contribution in [3.8, 4) is 0 Å². The summed E-state index contributed by atoms with van der Waals surface area (Å²) in [6.45, 7) is 7.01. The summed E-state index contributed by atoms with van der Waals surface area (Å²) in [5.74, 6) is 0.434. The number of nitrogens with zero attached hydrogens (tertiary/aromatic N) is 4. The lowest BCUT2D eigenvalue weighted by atomic mass is 9.96. The summed E-state index contributed by atoms with van der Waals surface area (Å²) >= 11 is 0. The van der Waals surface area contributed by atoms with Crippen molar-refractivity contribution in [1.29, 1.82) is 0 Å². The zero-order valence-electron chi connectivity index (χ0n) is 19.9. The molecule has 1 fully saturated rings. The summed E-state index contributed by atoms with van der Waals surface area (Å²) in [6.07, 6.45) is 2.39. The molecule has 0 unspecified atom stereocenters. The van der Waals surface area contributed by atoms with Crippen molar-refractivity contribution in [3.63, 3.8) is 0 Å². The average Bonchev–Trinajstić information content (AvgIpc) is 2.80. The molecule has 174 valence electrons. The number of carbonyl (C=O) groups excluding carboxylic acids is 1. The first-order valence-electron chi connectivity index (χ1n) is 11.7. The van der Waals surface area contributed by atoms with Crippen LogP contribution in [0.25, 0.3) is 10.8 Å². The normalized spacial score (nSPS) is 14.9. The van der Waals surface area contributed by atoms with Crippen LogP contribution in [-0.4, -0.2) is 54.3 Å². The summed E-state index contributed by atoms with van der Waals surface area (Å²) < 4.78 is 1.38. The van der Waals surface area contributed by atoms with Crippen molar-refractivity contribution in [2.45, 2.75) is 32.7 Å². The van der Waals surface area contributed by atoms with E-state index in [4.69, 9.17) is 0 Å². The van der Waals surface area contributed by atoms with E-state index in [2.05, 4.69) is 46.4 Å². The zero-order chi connectivity index (χ0) is 23.5. The Balaban J connectivity index is 1.49. The SMILES string of the molecule is CC(C)n1nc(C(=O)Nc2ccc(N3CCC(CN(C)C)CC3)cc2)c2ccccc2c1=O. The highest BCUT2D eigenvalue weighted by Crippen LogP contribution is 2.25. The number of anilines is 2. The number of carbonyl (C=O) groups is 1. The number of piperidine rings is 1. The molecule has 7 nitrogen and oxygen atoms in total. The van der Waals surface area contributed by atoms with Gasteiger partial charge in [-0.25, -0.2) is 4.68 Å². The molecule has 7 heteroatoms. The van der Waals surface area contributed by atoms with Crippen molar-refractivity contribution < 1.29 is 4.79 Å². The van der Waals surface area contributed by atoms with Crippen LogP contribution >= 0.6 is 0 Å². The summed E-state index contributed by atoms with van der Waals surface area (Å²) in [6, 6.07) is 15.0. The third-order valence-corrected chi connectivity index (χ3v) is 6.26. The van der Waals surface area contributed by atoms with Gasteiger partial charge in [0.25, 0.3) is 11.5 Å². The van der Waals surface area contributed by atoms with E-state index >= 15 is 0 Å². The van der Waals surface area contributed by atoms with E-state index in [-0.39, 0.29) is 23.2 Å². The summed E-state index contributed by atoms with van der Waals surface area (Å²) in [4.78, 5) is 30.5. The Hall–Kier alpha value is -3.19. The lowest BCUT2D eigenvalue weighted by Gasteiger charge is -2.34. The van der Waals surface area contributed by atoms with Gasteiger partial charge in [0.1, 0.15) is 0 Å². The number of rotatable bonds is 6. The molecule has 0 bridgehead atoms. The largest absolute Gasteiger partial charge is 0.372 e. The van der Waals surface area contributed by atoms with Crippen LogP contribution in [0, 0.1) is 5.92 Å². The molecule has 0 aliphatic carbocycles. The second-order valence-corrected chi connectivity index (χ2v) is 9.43. The highest BCUT2D eigenvalue weighted by Gasteiger charge is 2.21. The number of aromatic nitrogens is 2. The molecule has 2 heterocycles. The maximum absolute atomic E-state index is 13.1. The molecular weight excluding hydrogens is 414 g/mol. The van der Waals surface area contributed by atoms with Crippen LogP contribution in [-0.2, 0) is 0 Å². The third kappa shape index (κ3) is 5.09. The van der Waals surface area contributed by atoms with Crippen LogP contribution in [0.1, 0.15) is 43.2 Å². The van der Waals surface area contributed by atoms with Gasteiger partial charge < -0.3 is 15.1 Å². The Morgan fingerprint density at radius 2 is 1.70 bits per heavy atom. The smallest absolute Gasteiger partial charge is 0.276 e. The molecule has 4 rings (SSSR count). The lowest BCUT2D eigenvalue weighted by molar-refractivity contribution is 0.102. The highest BCUT2D eigenvalue weighted by molar-refractivity contribution is 6.11. The summed E-state index contributed by atoms with van der Waals surface area (Å²) in [5, 5.41) is 8.41. The minimum Gasteiger partial charge on any atom is -0.372 e. The standard InChI is InChI=1S/C26H33N5O2/c1-18(2)31-26(33)23-8-6-5-7-22(23)24(28-31)25(32)27-20-9-11-21(12-10-20)30-15-13-19(14-16-30)17-29(3)4/h5-12,18-19H,13-17H2,1-4H3,(H,27,32). The molecule has 1 aliphatic rings. The minimum absolute atomic E-state index is 0.144. The first-order chi connectivity index (χ1) is 15.8. The monoisotopic (exact) mass is 447 g/mol. The summed E-state index contributed by atoms with van der Waals surface area (Å²) in [5.41, 5.74) is 1.95. The molecule has 2 aromatic carbocycles. The molecule has 0 saturated carbocycles. The van der Waals surface area contributed by atoms with Gasteiger partial charge in [-0.2, -0.15) is 5.10 Å². The van der Waals surface area contributed by atoms with Crippen LogP contribution in [0.2, 0.25) is 0 Å². The number of benzene rings is 2. The molecule has 1 amide bonds. The van der Waals surface area contributed by atoms with Gasteiger partial charge in [-0.3, -0.25) is 9.59 Å². The highest BCUT2D eigenvalue weighted by atomic mass is 16.2. The van der Waals surface area contributed by atoms with E-state index in [1.807, 2.05) is 32.0 Å². The van der Waals surface area contributed by atoms with Gasteiger partial charge in [0.15, 0.2) is 5.69 Å². The Kier molecular flexibility index (Phi) is 6.79. The molecule has 1 saturated heterocycles. The van der Waals surface area contributed by atoms with Crippen molar-refractivity contribution >= 4 is 28.1 Å². The fourth-order valence-corrected chi connectivity index (χ4v) is 4.56. The molecule has 33 heavy (non-hydrogen) atoms. The molecule has 0 radical (unpaired) electrons. The van der Waals surface area contributed by atoms with Crippen LogP contribution in [0.3, 0.4) is 0 Å². The van der Waals surface area contributed by atoms with E-state index < -0.39 is 0 Å². The average molecular weight is 448 g/mol. The Labute approximate surface area is 195 Å². The number of fused-ring (bicyclic) bond motifs is 1. The number of hydrogen-bond donors (Lipinski definition) is 1. The fourth-order valence-electron chi connectivity index (χ4n) is 4.56. The van der Waals surface area contributed by atoms with Gasteiger partial charge in [0.05, 0.1) is 11.4 Å². The van der Waals surface area contributed by atoms with E-state index in [0.717, 1.165) is 25.6 Å². The Morgan fingerprint density at radius 1 is 1.06 bits per heavy atom. The van der Waals surface area contributed by atoms with E-state index in [1.165, 1.54) is 23.2 Å². The Morgan fingerprint density at radius 3 is 2.30 bits per heavy atom.